The Morgan fingerprint density at radius 2 is 1.36 bits per heavy atom. The number of carbonyl (C=O) groups excluding carboxylic acids is 1. The topological polar surface area (TPSA) is 66.5 Å². The molecule has 4 rings (SSSR count). The van der Waals surface area contributed by atoms with E-state index >= 15 is 0 Å². The largest absolute Gasteiger partial charge is 0.352 e. The molecular weight excluding hydrogens is 432 g/mol. The molecule has 0 aromatic heterocycles. The number of nitrogens with one attached hydrogen (secondary N) is 1. The average molecular weight is 463 g/mol. The summed E-state index contributed by atoms with van der Waals surface area (Å²) in [5.41, 5.74) is 3.80. The Kier molecular flexibility index (Phi) is 7.57. The monoisotopic (exact) mass is 462 g/mol. The molecule has 0 atom stereocenters. The fourth-order valence-corrected chi connectivity index (χ4v) is 5.64. The van der Waals surface area contributed by atoms with Gasteiger partial charge in [-0.05, 0) is 60.2 Å². The Morgan fingerprint density at radius 1 is 0.758 bits per heavy atom. The summed E-state index contributed by atoms with van der Waals surface area (Å²) in [6, 6.07) is 24.7. The number of sulfonamides is 1. The van der Waals surface area contributed by atoms with E-state index in [2.05, 4.69) is 5.32 Å². The molecule has 5 nitrogen and oxygen atoms in total. The first-order valence-electron chi connectivity index (χ1n) is 11.6. The first-order chi connectivity index (χ1) is 16.0. The summed E-state index contributed by atoms with van der Waals surface area (Å²) in [6.45, 7) is 1.68. The van der Waals surface area contributed by atoms with Crippen molar-refractivity contribution in [2.75, 3.05) is 19.6 Å². The molecule has 0 bridgehead atoms. The van der Waals surface area contributed by atoms with E-state index in [1.807, 2.05) is 66.7 Å². The molecule has 1 aliphatic rings. The van der Waals surface area contributed by atoms with Gasteiger partial charge in [-0.3, -0.25) is 4.79 Å². The van der Waals surface area contributed by atoms with Crippen molar-refractivity contribution in [3.05, 3.63) is 90.0 Å². The summed E-state index contributed by atoms with van der Waals surface area (Å²) in [5.74, 6) is -0.116. The van der Waals surface area contributed by atoms with E-state index in [1.54, 1.807) is 16.4 Å². The van der Waals surface area contributed by atoms with Crippen LogP contribution < -0.4 is 5.32 Å². The Balaban J connectivity index is 1.30. The second kappa shape index (κ2) is 10.8. The zero-order chi connectivity index (χ0) is 23.1. The molecule has 0 saturated carbocycles. The lowest BCUT2D eigenvalue weighted by Gasteiger charge is -2.20. The number of amides is 1. The molecule has 1 N–H and O–H groups in total. The number of rotatable bonds is 7. The third kappa shape index (κ3) is 5.89. The maximum absolute atomic E-state index is 12.9. The zero-order valence-electron chi connectivity index (χ0n) is 18.7. The van der Waals surface area contributed by atoms with E-state index in [4.69, 9.17) is 0 Å². The van der Waals surface area contributed by atoms with Crippen LogP contribution in [0.25, 0.3) is 11.1 Å². The Labute approximate surface area is 196 Å². The number of hydrogen-bond donors (Lipinski definition) is 1. The van der Waals surface area contributed by atoms with Gasteiger partial charge in [0.1, 0.15) is 0 Å². The van der Waals surface area contributed by atoms with Gasteiger partial charge in [0.05, 0.1) is 4.90 Å². The molecule has 1 aliphatic heterocycles. The van der Waals surface area contributed by atoms with Crippen molar-refractivity contribution in [2.45, 2.75) is 37.0 Å². The fourth-order valence-electron chi connectivity index (χ4n) is 4.13. The number of carbonyl (C=O) groups is 1. The Hall–Kier alpha value is -2.96. The summed E-state index contributed by atoms with van der Waals surface area (Å²) < 4.78 is 27.4. The predicted octanol–water partition coefficient (Wildman–Crippen LogP) is 4.89. The first-order valence-corrected chi connectivity index (χ1v) is 13.0. The molecule has 6 heteroatoms. The van der Waals surface area contributed by atoms with Crippen LogP contribution in [-0.4, -0.2) is 38.3 Å². The molecule has 0 spiro atoms. The van der Waals surface area contributed by atoms with Crippen molar-refractivity contribution in [1.29, 1.82) is 0 Å². The van der Waals surface area contributed by atoms with Gasteiger partial charge in [0.25, 0.3) is 5.91 Å². The molecule has 1 heterocycles. The van der Waals surface area contributed by atoms with Crippen molar-refractivity contribution >= 4 is 15.9 Å². The van der Waals surface area contributed by atoms with Gasteiger partial charge >= 0.3 is 0 Å². The van der Waals surface area contributed by atoms with Crippen LogP contribution in [0.15, 0.2) is 83.8 Å². The summed E-state index contributed by atoms with van der Waals surface area (Å²) in [7, 11) is -3.43. The van der Waals surface area contributed by atoms with Crippen molar-refractivity contribution in [3.8, 4) is 11.1 Å². The summed E-state index contributed by atoms with van der Waals surface area (Å²) in [4.78, 5) is 12.8. The number of benzene rings is 3. The highest BCUT2D eigenvalue weighted by Gasteiger charge is 2.24. The maximum atomic E-state index is 12.9. The lowest BCUT2D eigenvalue weighted by molar-refractivity contribution is 0.0954. The van der Waals surface area contributed by atoms with Gasteiger partial charge in [-0.25, -0.2) is 8.42 Å². The van der Waals surface area contributed by atoms with Crippen molar-refractivity contribution in [3.63, 3.8) is 0 Å². The van der Waals surface area contributed by atoms with Gasteiger partial charge in [-0.2, -0.15) is 4.31 Å². The van der Waals surface area contributed by atoms with E-state index in [0.29, 0.717) is 36.5 Å². The summed E-state index contributed by atoms with van der Waals surface area (Å²) in [6.07, 6.45) is 4.66. The average Bonchev–Trinajstić information content (AvgIpc) is 3.15. The molecule has 0 aliphatic carbocycles. The SMILES string of the molecule is O=C(NCCc1ccc(S(=O)(=O)N2CCCCCC2)cc1)c1ccc(-c2ccccc2)cc1. The van der Waals surface area contributed by atoms with Crippen molar-refractivity contribution in [2.24, 2.45) is 0 Å². The van der Waals surface area contributed by atoms with Crippen LogP contribution in [0.5, 0.6) is 0 Å². The quantitative estimate of drug-likeness (QED) is 0.544. The van der Waals surface area contributed by atoms with Crippen LogP contribution in [0.1, 0.15) is 41.6 Å². The first kappa shape index (κ1) is 23.2. The van der Waals surface area contributed by atoms with E-state index in [9.17, 15) is 13.2 Å². The molecule has 0 radical (unpaired) electrons. The van der Waals surface area contributed by atoms with Crippen LogP contribution in [0.4, 0.5) is 0 Å². The molecule has 1 amide bonds. The minimum atomic E-state index is -3.43. The van der Waals surface area contributed by atoms with Crippen LogP contribution in [0, 0.1) is 0 Å². The van der Waals surface area contributed by atoms with E-state index < -0.39 is 10.0 Å². The highest BCUT2D eigenvalue weighted by atomic mass is 32.2. The van der Waals surface area contributed by atoms with Gasteiger partial charge in [0.2, 0.25) is 10.0 Å². The molecule has 172 valence electrons. The maximum Gasteiger partial charge on any atom is 0.251 e. The van der Waals surface area contributed by atoms with E-state index in [0.717, 1.165) is 42.4 Å². The standard InChI is InChI=1S/C27H30N2O3S/c30-27(25-14-12-24(13-15-25)23-8-4-3-5-9-23)28-19-18-22-10-16-26(17-11-22)33(31,32)29-20-6-1-2-7-21-29/h3-5,8-17H,1-2,6-7,18-21H2,(H,28,30). The number of nitrogens with zero attached hydrogens (tertiary/aromatic N) is 1. The zero-order valence-corrected chi connectivity index (χ0v) is 19.6. The second-order valence-electron chi connectivity index (χ2n) is 8.41. The van der Waals surface area contributed by atoms with Crippen LogP contribution >= 0.6 is 0 Å². The smallest absolute Gasteiger partial charge is 0.251 e. The van der Waals surface area contributed by atoms with Crippen molar-refractivity contribution < 1.29 is 13.2 Å². The van der Waals surface area contributed by atoms with Crippen molar-refractivity contribution in [1.82, 2.24) is 9.62 Å². The molecule has 3 aromatic rings. The Bertz CT molecular complexity index is 1150. The summed E-state index contributed by atoms with van der Waals surface area (Å²) in [5, 5.41) is 2.94. The minimum absolute atomic E-state index is 0.116. The van der Waals surface area contributed by atoms with Crippen LogP contribution in [0.2, 0.25) is 0 Å². The highest BCUT2D eigenvalue weighted by Crippen LogP contribution is 2.21. The predicted molar refractivity (Wildman–Crippen MR) is 132 cm³/mol. The molecule has 1 saturated heterocycles. The molecule has 33 heavy (non-hydrogen) atoms. The second-order valence-corrected chi connectivity index (χ2v) is 10.3. The molecule has 0 unspecified atom stereocenters. The highest BCUT2D eigenvalue weighted by molar-refractivity contribution is 7.89. The third-order valence-corrected chi connectivity index (χ3v) is 7.99. The lowest BCUT2D eigenvalue weighted by atomic mass is 10.0. The van der Waals surface area contributed by atoms with Crippen LogP contribution in [0.3, 0.4) is 0 Å². The van der Waals surface area contributed by atoms with Crippen LogP contribution in [-0.2, 0) is 16.4 Å². The molecule has 1 fully saturated rings. The van der Waals surface area contributed by atoms with Gasteiger partial charge in [-0.15, -0.1) is 0 Å². The molecule has 3 aromatic carbocycles. The molecular formula is C27H30N2O3S. The fraction of sp³-hybridized carbons (Fsp3) is 0.296. The third-order valence-electron chi connectivity index (χ3n) is 6.08. The van der Waals surface area contributed by atoms with E-state index in [1.165, 1.54) is 0 Å². The van der Waals surface area contributed by atoms with Gasteiger partial charge in [0, 0.05) is 25.2 Å². The normalized spacial score (nSPS) is 15.0. The van der Waals surface area contributed by atoms with E-state index in [-0.39, 0.29) is 5.91 Å². The number of hydrogen-bond acceptors (Lipinski definition) is 3. The summed E-state index contributed by atoms with van der Waals surface area (Å²) >= 11 is 0. The minimum Gasteiger partial charge on any atom is -0.352 e. The van der Waals surface area contributed by atoms with Gasteiger partial charge < -0.3 is 5.32 Å². The lowest BCUT2D eigenvalue weighted by Crippen LogP contribution is -2.31. The Morgan fingerprint density at radius 3 is 2.00 bits per heavy atom. The van der Waals surface area contributed by atoms with Gasteiger partial charge in [-0.1, -0.05) is 67.4 Å². The van der Waals surface area contributed by atoms with Gasteiger partial charge in [0.15, 0.2) is 0 Å².